The van der Waals surface area contributed by atoms with Gasteiger partial charge in [-0.3, -0.25) is 9.79 Å². The van der Waals surface area contributed by atoms with Crippen LogP contribution in [-0.2, 0) is 11.3 Å². The molecule has 0 aliphatic carbocycles. The van der Waals surface area contributed by atoms with Gasteiger partial charge in [0.15, 0.2) is 10.8 Å². The van der Waals surface area contributed by atoms with E-state index in [1.165, 1.54) is 18.1 Å². The molecule has 0 atom stereocenters. The molecule has 0 saturated heterocycles. The lowest BCUT2D eigenvalue weighted by Gasteiger charge is -2.07. The fourth-order valence-corrected chi connectivity index (χ4v) is 4.44. The van der Waals surface area contributed by atoms with Crippen LogP contribution in [0.5, 0.6) is 0 Å². The van der Waals surface area contributed by atoms with Crippen molar-refractivity contribution in [3.05, 3.63) is 36.2 Å². The first kappa shape index (κ1) is 25.4. The standard InChI is InChI=1S/C24H30N8O3S/c1-2-3-12-35-24(34)27-9-4-5-11-32-21-18(20(25)28-15-29-21)19(31-32)16-7-6-8-17(14-16)22(33)30-23-26-10-13-36-23/h6-8,14-15H,2-5,9-13H2,1H3,(H,27,34)(H2,25,28,29)(H,26,30,33). The van der Waals surface area contributed by atoms with Crippen LogP contribution in [0.25, 0.3) is 22.3 Å². The second-order valence-electron chi connectivity index (χ2n) is 8.22. The summed E-state index contributed by atoms with van der Waals surface area (Å²) in [6.07, 6.45) is 4.37. The molecule has 3 heterocycles. The Morgan fingerprint density at radius 1 is 1.22 bits per heavy atom. The van der Waals surface area contributed by atoms with E-state index < -0.39 is 6.09 Å². The van der Waals surface area contributed by atoms with Crippen molar-refractivity contribution in [2.24, 2.45) is 4.99 Å². The number of nitrogens with zero attached hydrogens (tertiary/aromatic N) is 5. The van der Waals surface area contributed by atoms with Gasteiger partial charge in [0.1, 0.15) is 17.8 Å². The van der Waals surface area contributed by atoms with Crippen molar-refractivity contribution < 1.29 is 14.3 Å². The zero-order valence-electron chi connectivity index (χ0n) is 20.2. The van der Waals surface area contributed by atoms with Crippen LogP contribution >= 0.6 is 11.8 Å². The van der Waals surface area contributed by atoms with Crippen molar-refractivity contribution in [1.29, 1.82) is 0 Å². The van der Waals surface area contributed by atoms with Crippen LogP contribution in [0.2, 0.25) is 0 Å². The van der Waals surface area contributed by atoms with Crippen LogP contribution in [0.15, 0.2) is 35.6 Å². The smallest absolute Gasteiger partial charge is 0.407 e. The fourth-order valence-electron chi connectivity index (χ4n) is 3.71. The Morgan fingerprint density at radius 2 is 2.11 bits per heavy atom. The monoisotopic (exact) mass is 510 g/mol. The van der Waals surface area contributed by atoms with Crippen LogP contribution in [0.3, 0.4) is 0 Å². The summed E-state index contributed by atoms with van der Waals surface area (Å²) >= 11 is 1.53. The van der Waals surface area contributed by atoms with Gasteiger partial charge in [-0.1, -0.05) is 37.2 Å². The van der Waals surface area contributed by atoms with Crippen molar-refractivity contribution in [2.75, 3.05) is 31.2 Å². The summed E-state index contributed by atoms with van der Waals surface area (Å²) in [5.41, 5.74) is 8.68. The number of carbonyl (C=O) groups excluding carboxylic acids is 2. The van der Waals surface area contributed by atoms with E-state index in [4.69, 9.17) is 15.6 Å². The third kappa shape index (κ3) is 6.30. The van der Waals surface area contributed by atoms with Gasteiger partial charge in [0, 0.05) is 30.0 Å². The number of nitrogens with two attached hydrogens (primary N) is 1. The molecule has 0 fully saturated rings. The molecule has 4 rings (SSSR count). The number of alkyl carbamates (subject to hydrolysis) is 1. The van der Waals surface area contributed by atoms with Crippen LogP contribution in [-0.4, -0.2) is 62.4 Å². The summed E-state index contributed by atoms with van der Waals surface area (Å²) in [6, 6.07) is 7.22. The van der Waals surface area contributed by atoms with Crippen molar-refractivity contribution in [3.63, 3.8) is 0 Å². The highest BCUT2D eigenvalue weighted by molar-refractivity contribution is 8.14. The predicted molar refractivity (Wildman–Crippen MR) is 141 cm³/mol. The number of rotatable bonds is 10. The molecule has 2 aromatic heterocycles. The van der Waals surface area contributed by atoms with Crippen LogP contribution < -0.4 is 16.4 Å². The topological polar surface area (TPSA) is 149 Å². The van der Waals surface area contributed by atoms with Gasteiger partial charge in [-0.2, -0.15) is 5.10 Å². The molecule has 0 saturated carbocycles. The quantitative estimate of drug-likeness (QED) is 0.352. The molecule has 3 aromatic rings. The van der Waals surface area contributed by atoms with Crippen molar-refractivity contribution >= 4 is 45.8 Å². The molecule has 0 spiro atoms. The minimum Gasteiger partial charge on any atom is -0.450 e. The number of unbranched alkanes of at least 4 members (excludes halogenated alkanes) is 2. The van der Waals surface area contributed by atoms with Crippen molar-refractivity contribution in [1.82, 2.24) is 30.4 Å². The number of nitrogen functional groups attached to an aromatic ring is 1. The van der Waals surface area contributed by atoms with Gasteiger partial charge in [-0.25, -0.2) is 19.4 Å². The largest absolute Gasteiger partial charge is 0.450 e. The molecule has 0 bridgehead atoms. The first-order chi connectivity index (χ1) is 17.6. The second kappa shape index (κ2) is 12.3. The zero-order valence-corrected chi connectivity index (χ0v) is 21.0. The molecule has 0 radical (unpaired) electrons. The fraction of sp³-hybridized carbons (Fsp3) is 0.417. The van der Waals surface area contributed by atoms with E-state index in [1.54, 1.807) is 16.8 Å². The summed E-state index contributed by atoms with van der Waals surface area (Å²) in [5.74, 6) is 0.972. The van der Waals surface area contributed by atoms with Crippen molar-refractivity contribution in [3.8, 4) is 11.3 Å². The summed E-state index contributed by atoms with van der Waals surface area (Å²) in [5, 5.41) is 11.7. The summed E-state index contributed by atoms with van der Waals surface area (Å²) in [7, 11) is 0. The minimum absolute atomic E-state index is 0.223. The number of aromatic nitrogens is 4. The van der Waals surface area contributed by atoms with Gasteiger partial charge in [0.2, 0.25) is 0 Å². The van der Waals surface area contributed by atoms with Gasteiger partial charge >= 0.3 is 6.09 Å². The maximum Gasteiger partial charge on any atom is 0.407 e. The highest BCUT2D eigenvalue weighted by Crippen LogP contribution is 2.30. The molecule has 0 unspecified atom stereocenters. The average Bonchev–Trinajstić information content (AvgIpc) is 3.53. The average molecular weight is 511 g/mol. The number of benzene rings is 1. The van der Waals surface area contributed by atoms with Crippen molar-refractivity contribution in [2.45, 2.75) is 39.2 Å². The summed E-state index contributed by atoms with van der Waals surface area (Å²) < 4.78 is 6.89. The maximum atomic E-state index is 12.7. The van der Waals surface area contributed by atoms with Gasteiger partial charge < -0.3 is 21.1 Å². The summed E-state index contributed by atoms with van der Waals surface area (Å²) in [4.78, 5) is 37.2. The molecular formula is C24H30N8O3S. The van der Waals surface area contributed by atoms with E-state index in [0.717, 1.165) is 37.0 Å². The lowest BCUT2D eigenvalue weighted by molar-refractivity contribution is 0.0978. The number of fused-ring (bicyclic) bond motifs is 1. The Balaban J connectivity index is 1.45. The van der Waals surface area contributed by atoms with E-state index in [-0.39, 0.29) is 5.91 Å². The number of ether oxygens (including phenoxy) is 1. The van der Waals surface area contributed by atoms with E-state index in [9.17, 15) is 9.59 Å². The predicted octanol–water partition coefficient (Wildman–Crippen LogP) is 3.21. The van der Waals surface area contributed by atoms with E-state index in [1.807, 2.05) is 19.1 Å². The third-order valence-electron chi connectivity index (χ3n) is 5.56. The highest BCUT2D eigenvalue weighted by atomic mass is 32.2. The molecule has 2 amide bonds. The highest BCUT2D eigenvalue weighted by Gasteiger charge is 2.19. The SMILES string of the molecule is CCCCOC(=O)NCCCCn1nc(-c2cccc(C(=O)NC3=NCCS3)c2)c2c(N)ncnc21. The Morgan fingerprint density at radius 3 is 2.92 bits per heavy atom. The third-order valence-corrected chi connectivity index (χ3v) is 6.45. The first-order valence-electron chi connectivity index (χ1n) is 12.0. The lowest BCUT2D eigenvalue weighted by Crippen LogP contribution is -2.27. The number of aryl methyl sites for hydroxylation is 1. The van der Waals surface area contributed by atoms with Crippen LogP contribution in [0.1, 0.15) is 43.0 Å². The molecule has 1 aromatic carbocycles. The Bertz CT molecular complexity index is 1260. The Hall–Kier alpha value is -3.67. The molecule has 190 valence electrons. The molecule has 1 aliphatic rings. The molecule has 36 heavy (non-hydrogen) atoms. The molecule has 1 aliphatic heterocycles. The summed E-state index contributed by atoms with van der Waals surface area (Å²) in [6.45, 7) is 4.28. The van der Waals surface area contributed by atoms with Gasteiger partial charge in [-0.15, -0.1) is 0 Å². The molecule has 4 N–H and O–H groups in total. The number of hydrogen-bond donors (Lipinski definition) is 3. The number of aliphatic imine (C=N–C) groups is 1. The maximum absolute atomic E-state index is 12.7. The van der Waals surface area contributed by atoms with E-state index >= 15 is 0 Å². The zero-order chi connectivity index (χ0) is 25.3. The minimum atomic E-state index is -0.390. The number of hydrogen-bond acceptors (Lipinski definition) is 9. The second-order valence-corrected chi connectivity index (χ2v) is 9.31. The van der Waals surface area contributed by atoms with E-state index in [0.29, 0.717) is 59.5 Å². The Kier molecular flexibility index (Phi) is 8.71. The number of carbonyl (C=O) groups is 2. The number of amidine groups is 1. The Labute approximate surface area is 213 Å². The van der Waals surface area contributed by atoms with Gasteiger partial charge in [0.05, 0.1) is 18.5 Å². The number of amides is 2. The number of nitrogens with one attached hydrogen (secondary N) is 2. The molecular weight excluding hydrogens is 480 g/mol. The van der Waals surface area contributed by atoms with Crippen LogP contribution in [0.4, 0.5) is 10.6 Å². The number of thioether (sulfide) groups is 1. The molecule has 12 heteroatoms. The number of anilines is 1. The van der Waals surface area contributed by atoms with E-state index in [2.05, 4.69) is 25.6 Å². The van der Waals surface area contributed by atoms with Gasteiger partial charge in [0.25, 0.3) is 5.91 Å². The van der Waals surface area contributed by atoms with Crippen LogP contribution in [0, 0.1) is 0 Å². The normalized spacial score (nSPS) is 13.0. The lowest BCUT2D eigenvalue weighted by atomic mass is 10.1. The molecule has 11 nitrogen and oxygen atoms in total. The first-order valence-corrected chi connectivity index (χ1v) is 13.0. The van der Waals surface area contributed by atoms with Gasteiger partial charge in [-0.05, 0) is 31.4 Å².